The molecule has 0 saturated heterocycles. The molecule has 0 aromatic carbocycles. The first-order chi connectivity index (χ1) is 8.20. The maximum absolute atomic E-state index is 11.4. The minimum Gasteiger partial charge on any atom is -0.463 e. The fourth-order valence-electron chi connectivity index (χ4n) is 2.39. The molecule has 1 fully saturated rings. The van der Waals surface area contributed by atoms with Crippen LogP contribution >= 0.6 is 0 Å². The molecule has 2 rings (SSSR count). The first kappa shape index (κ1) is 12.2. The van der Waals surface area contributed by atoms with Crippen molar-refractivity contribution in [3.8, 4) is 0 Å². The highest BCUT2D eigenvalue weighted by atomic mass is 16.5. The van der Waals surface area contributed by atoms with Crippen molar-refractivity contribution in [3.63, 3.8) is 0 Å². The largest absolute Gasteiger partial charge is 0.463 e. The summed E-state index contributed by atoms with van der Waals surface area (Å²) in [6.07, 6.45) is 5.24. The summed E-state index contributed by atoms with van der Waals surface area (Å²) < 4.78 is 9.80. The van der Waals surface area contributed by atoms with E-state index in [1.807, 2.05) is 6.07 Å². The standard InChI is InChI=1S/C13H19NO3/c1-9-3-4-11(7-9)14-8-10-5-6-17-12(10)13(15)16-2/h5-6,9,11,14H,3-4,7-8H2,1-2H3. The van der Waals surface area contributed by atoms with Gasteiger partial charge in [0, 0.05) is 18.2 Å². The third kappa shape index (κ3) is 2.88. The molecule has 17 heavy (non-hydrogen) atoms. The molecule has 2 unspecified atom stereocenters. The molecule has 0 amide bonds. The lowest BCUT2D eigenvalue weighted by Gasteiger charge is -2.11. The fourth-order valence-corrected chi connectivity index (χ4v) is 2.39. The summed E-state index contributed by atoms with van der Waals surface area (Å²) in [7, 11) is 1.36. The predicted molar refractivity (Wildman–Crippen MR) is 63.7 cm³/mol. The second-order valence-corrected chi connectivity index (χ2v) is 4.76. The summed E-state index contributed by atoms with van der Waals surface area (Å²) in [6, 6.07) is 2.38. The van der Waals surface area contributed by atoms with Crippen molar-refractivity contribution in [1.29, 1.82) is 0 Å². The Hall–Kier alpha value is -1.29. The van der Waals surface area contributed by atoms with Crippen LogP contribution in [0.3, 0.4) is 0 Å². The zero-order valence-corrected chi connectivity index (χ0v) is 10.4. The Morgan fingerprint density at radius 1 is 1.59 bits per heavy atom. The van der Waals surface area contributed by atoms with Crippen molar-refractivity contribution < 1.29 is 13.9 Å². The van der Waals surface area contributed by atoms with Gasteiger partial charge in [0.2, 0.25) is 5.76 Å². The summed E-state index contributed by atoms with van der Waals surface area (Å²) in [5, 5.41) is 3.47. The molecule has 4 nitrogen and oxygen atoms in total. The Kier molecular flexibility index (Phi) is 3.84. The van der Waals surface area contributed by atoms with Crippen LogP contribution in [-0.4, -0.2) is 19.1 Å². The number of esters is 1. The van der Waals surface area contributed by atoms with E-state index in [0.29, 0.717) is 18.3 Å². The van der Waals surface area contributed by atoms with Gasteiger partial charge in [-0.2, -0.15) is 0 Å². The summed E-state index contributed by atoms with van der Waals surface area (Å²) in [6.45, 7) is 2.94. The van der Waals surface area contributed by atoms with Crippen molar-refractivity contribution >= 4 is 5.97 Å². The second kappa shape index (κ2) is 5.36. The zero-order chi connectivity index (χ0) is 12.3. The van der Waals surface area contributed by atoms with E-state index < -0.39 is 5.97 Å². The molecule has 1 aliphatic carbocycles. The van der Waals surface area contributed by atoms with Gasteiger partial charge >= 0.3 is 5.97 Å². The average Bonchev–Trinajstić information content (AvgIpc) is 2.94. The number of methoxy groups -OCH3 is 1. The van der Waals surface area contributed by atoms with Gasteiger partial charge in [-0.25, -0.2) is 4.79 Å². The Labute approximate surface area is 101 Å². The highest BCUT2D eigenvalue weighted by Crippen LogP contribution is 2.25. The maximum Gasteiger partial charge on any atom is 0.374 e. The van der Waals surface area contributed by atoms with Crippen LogP contribution in [0.5, 0.6) is 0 Å². The Balaban J connectivity index is 1.90. The predicted octanol–water partition coefficient (Wildman–Crippen LogP) is 2.34. The van der Waals surface area contributed by atoms with Crippen molar-refractivity contribution in [3.05, 3.63) is 23.7 Å². The van der Waals surface area contributed by atoms with E-state index >= 15 is 0 Å². The molecule has 1 aliphatic rings. The molecule has 0 bridgehead atoms. The van der Waals surface area contributed by atoms with Crippen molar-refractivity contribution in [2.24, 2.45) is 5.92 Å². The van der Waals surface area contributed by atoms with E-state index in [-0.39, 0.29) is 0 Å². The van der Waals surface area contributed by atoms with Gasteiger partial charge in [-0.3, -0.25) is 0 Å². The van der Waals surface area contributed by atoms with E-state index in [1.54, 1.807) is 0 Å². The zero-order valence-electron chi connectivity index (χ0n) is 10.4. The monoisotopic (exact) mass is 237 g/mol. The summed E-state index contributed by atoms with van der Waals surface area (Å²) >= 11 is 0. The highest BCUT2D eigenvalue weighted by Gasteiger charge is 2.22. The number of hydrogen-bond donors (Lipinski definition) is 1. The Bertz CT molecular complexity index is 386. The van der Waals surface area contributed by atoms with Gasteiger partial charge in [-0.15, -0.1) is 0 Å². The number of furan rings is 1. The normalized spacial score (nSPS) is 23.9. The Morgan fingerprint density at radius 2 is 2.41 bits per heavy atom. The highest BCUT2D eigenvalue weighted by molar-refractivity contribution is 5.87. The van der Waals surface area contributed by atoms with Crippen LogP contribution in [-0.2, 0) is 11.3 Å². The van der Waals surface area contributed by atoms with Crippen LogP contribution in [0.4, 0.5) is 0 Å². The molecule has 1 N–H and O–H groups in total. The quantitative estimate of drug-likeness (QED) is 0.817. The van der Waals surface area contributed by atoms with Crippen molar-refractivity contribution in [2.75, 3.05) is 7.11 Å². The van der Waals surface area contributed by atoms with E-state index in [9.17, 15) is 4.79 Å². The van der Waals surface area contributed by atoms with Gasteiger partial charge in [0.25, 0.3) is 0 Å². The summed E-state index contributed by atoms with van der Waals surface area (Å²) in [5.74, 6) is 0.703. The van der Waals surface area contributed by atoms with Crippen LogP contribution in [0.15, 0.2) is 16.7 Å². The number of carbonyl (C=O) groups is 1. The molecule has 94 valence electrons. The molecular formula is C13H19NO3. The van der Waals surface area contributed by atoms with Gasteiger partial charge in [0.05, 0.1) is 13.4 Å². The third-order valence-corrected chi connectivity index (χ3v) is 3.39. The molecule has 0 aliphatic heterocycles. The fraction of sp³-hybridized carbons (Fsp3) is 0.615. The molecule has 1 heterocycles. The second-order valence-electron chi connectivity index (χ2n) is 4.76. The first-order valence-corrected chi connectivity index (χ1v) is 6.08. The lowest BCUT2D eigenvalue weighted by molar-refractivity contribution is 0.0563. The van der Waals surface area contributed by atoms with Crippen LogP contribution in [0, 0.1) is 5.92 Å². The minimum atomic E-state index is -0.411. The van der Waals surface area contributed by atoms with Crippen molar-refractivity contribution in [2.45, 2.75) is 38.8 Å². The topological polar surface area (TPSA) is 51.5 Å². The van der Waals surface area contributed by atoms with Crippen LogP contribution in [0.1, 0.15) is 42.3 Å². The van der Waals surface area contributed by atoms with Gasteiger partial charge in [0.15, 0.2) is 0 Å². The van der Waals surface area contributed by atoms with Crippen LogP contribution < -0.4 is 5.32 Å². The summed E-state index contributed by atoms with van der Waals surface area (Å²) in [4.78, 5) is 11.4. The van der Waals surface area contributed by atoms with E-state index in [4.69, 9.17) is 4.42 Å². The number of ether oxygens (including phenoxy) is 1. The van der Waals surface area contributed by atoms with Gasteiger partial charge in [-0.05, 0) is 31.2 Å². The lowest BCUT2D eigenvalue weighted by Crippen LogP contribution is -2.26. The number of nitrogens with one attached hydrogen (secondary N) is 1. The van der Waals surface area contributed by atoms with Crippen molar-refractivity contribution in [1.82, 2.24) is 5.32 Å². The van der Waals surface area contributed by atoms with Gasteiger partial charge in [-0.1, -0.05) is 6.92 Å². The third-order valence-electron chi connectivity index (χ3n) is 3.39. The molecule has 0 radical (unpaired) electrons. The number of hydrogen-bond acceptors (Lipinski definition) is 4. The molecule has 1 saturated carbocycles. The smallest absolute Gasteiger partial charge is 0.374 e. The Morgan fingerprint density at radius 3 is 3.06 bits per heavy atom. The first-order valence-electron chi connectivity index (χ1n) is 6.08. The van der Waals surface area contributed by atoms with E-state index in [1.165, 1.54) is 32.6 Å². The van der Waals surface area contributed by atoms with E-state index in [0.717, 1.165) is 11.5 Å². The molecule has 1 aromatic rings. The van der Waals surface area contributed by atoms with Crippen LogP contribution in [0.25, 0.3) is 0 Å². The van der Waals surface area contributed by atoms with Crippen LogP contribution in [0.2, 0.25) is 0 Å². The molecule has 4 heteroatoms. The lowest BCUT2D eigenvalue weighted by atomic mass is 10.1. The summed E-state index contributed by atoms with van der Waals surface area (Å²) in [5.41, 5.74) is 0.872. The average molecular weight is 237 g/mol. The molecule has 1 aromatic heterocycles. The SMILES string of the molecule is COC(=O)c1occc1CNC1CCC(C)C1. The molecule has 2 atom stereocenters. The van der Waals surface area contributed by atoms with E-state index in [2.05, 4.69) is 17.0 Å². The molecule has 0 spiro atoms. The molecular weight excluding hydrogens is 218 g/mol. The number of carbonyl (C=O) groups excluding carboxylic acids is 1. The van der Waals surface area contributed by atoms with Gasteiger partial charge in [0.1, 0.15) is 0 Å². The maximum atomic E-state index is 11.4. The van der Waals surface area contributed by atoms with Gasteiger partial charge < -0.3 is 14.5 Å². The number of rotatable bonds is 4. The minimum absolute atomic E-state index is 0.311.